The molecule has 0 spiro atoms. The van der Waals surface area contributed by atoms with Crippen LogP contribution in [0.4, 0.5) is 0 Å². The standard InChI is InChI=1S/C6H7N.C5H9ClS/c1-6-4-2-3-5-7-6;6-4-1-2-5(7)3-4/h2-5H,1H3;4-5,7H,1-3H2. The van der Waals surface area contributed by atoms with Gasteiger partial charge in [0.2, 0.25) is 0 Å². The summed E-state index contributed by atoms with van der Waals surface area (Å²) in [6.07, 6.45) is 5.26. The Bertz CT molecular complexity index is 245. The van der Waals surface area contributed by atoms with Crippen LogP contribution in [-0.2, 0) is 0 Å². The second-order valence-electron chi connectivity index (χ2n) is 3.54. The molecule has 1 nitrogen and oxygen atoms in total. The molecule has 14 heavy (non-hydrogen) atoms. The average Bonchev–Trinajstić information content (AvgIpc) is 2.52. The quantitative estimate of drug-likeness (QED) is 0.531. The van der Waals surface area contributed by atoms with E-state index in [0.717, 1.165) is 18.5 Å². The van der Waals surface area contributed by atoms with E-state index in [0.29, 0.717) is 10.6 Å². The Labute approximate surface area is 96.3 Å². The number of nitrogens with zero attached hydrogens (tertiary/aromatic N) is 1. The smallest absolute Gasteiger partial charge is 0.0372 e. The summed E-state index contributed by atoms with van der Waals surface area (Å²) in [5.74, 6) is 0. The fourth-order valence-corrected chi connectivity index (χ4v) is 2.22. The van der Waals surface area contributed by atoms with Gasteiger partial charge in [-0.05, 0) is 38.3 Å². The summed E-state index contributed by atoms with van der Waals surface area (Å²) in [5.41, 5.74) is 1.07. The molecule has 3 heteroatoms. The number of hydrogen-bond donors (Lipinski definition) is 1. The van der Waals surface area contributed by atoms with Crippen molar-refractivity contribution in [2.45, 2.75) is 36.8 Å². The lowest BCUT2D eigenvalue weighted by Crippen LogP contribution is -1.90. The van der Waals surface area contributed by atoms with Gasteiger partial charge < -0.3 is 0 Å². The molecule has 0 bridgehead atoms. The molecule has 2 atom stereocenters. The van der Waals surface area contributed by atoms with Crippen LogP contribution in [0.3, 0.4) is 0 Å². The van der Waals surface area contributed by atoms with E-state index in [-0.39, 0.29) is 0 Å². The minimum atomic E-state index is 0.419. The van der Waals surface area contributed by atoms with E-state index in [1.165, 1.54) is 6.42 Å². The third-order valence-electron chi connectivity index (χ3n) is 2.15. The van der Waals surface area contributed by atoms with Crippen molar-refractivity contribution in [2.75, 3.05) is 0 Å². The molecule has 0 radical (unpaired) electrons. The summed E-state index contributed by atoms with van der Waals surface area (Å²) in [7, 11) is 0. The van der Waals surface area contributed by atoms with Crippen LogP contribution in [0.1, 0.15) is 25.0 Å². The predicted octanol–water partition coefficient (Wildman–Crippen LogP) is 3.47. The lowest BCUT2D eigenvalue weighted by Gasteiger charge is -1.93. The minimum Gasteiger partial charge on any atom is -0.262 e. The van der Waals surface area contributed by atoms with Gasteiger partial charge in [0, 0.05) is 22.5 Å². The number of alkyl halides is 1. The van der Waals surface area contributed by atoms with Crippen LogP contribution in [0.5, 0.6) is 0 Å². The molecule has 78 valence electrons. The summed E-state index contributed by atoms with van der Waals surface area (Å²) in [4.78, 5) is 3.98. The second kappa shape index (κ2) is 6.31. The van der Waals surface area contributed by atoms with Crippen molar-refractivity contribution >= 4 is 24.2 Å². The van der Waals surface area contributed by atoms with Crippen LogP contribution in [-0.4, -0.2) is 15.6 Å². The van der Waals surface area contributed by atoms with E-state index < -0.39 is 0 Å². The Morgan fingerprint density at radius 2 is 2.21 bits per heavy atom. The lowest BCUT2D eigenvalue weighted by molar-refractivity contribution is 0.895. The van der Waals surface area contributed by atoms with E-state index >= 15 is 0 Å². The van der Waals surface area contributed by atoms with Gasteiger partial charge in [0.15, 0.2) is 0 Å². The maximum absolute atomic E-state index is 5.76. The van der Waals surface area contributed by atoms with Crippen molar-refractivity contribution in [2.24, 2.45) is 0 Å². The first kappa shape index (κ1) is 11.9. The van der Waals surface area contributed by atoms with Gasteiger partial charge >= 0.3 is 0 Å². The molecule has 1 fully saturated rings. The van der Waals surface area contributed by atoms with Crippen LogP contribution < -0.4 is 0 Å². The summed E-state index contributed by atoms with van der Waals surface area (Å²) in [6.45, 7) is 1.97. The van der Waals surface area contributed by atoms with Crippen LogP contribution in [0.2, 0.25) is 0 Å². The first-order valence-corrected chi connectivity index (χ1v) is 5.83. The molecule has 1 saturated carbocycles. The zero-order valence-electron chi connectivity index (χ0n) is 8.36. The zero-order valence-corrected chi connectivity index (χ0v) is 10.0. The maximum Gasteiger partial charge on any atom is 0.0372 e. The number of aryl methyl sites for hydroxylation is 1. The highest BCUT2D eigenvalue weighted by molar-refractivity contribution is 7.81. The van der Waals surface area contributed by atoms with Gasteiger partial charge in [0.1, 0.15) is 0 Å². The first-order chi connectivity index (χ1) is 6.68. The lowest BCUT2D eigenvalue weighted by atomic mass is 10.4. The number of pyridine rings is 1. The van der Waals surface area contributed by atoms with Crippen molar-refractivity contribution in [3.05, 3.63) is 30.1 Å². The number of rotatable bonds is 0. The van der Waals surface area contributed by atoms with E-state index in [2.05, 4.69) is 17.6 Å². The minimum absolute atomic E-state index is 0.419. The number of thiol groups is 1. The second-order valence-corrected chi connectivity index (χ2v) is 4.88. The molecule has 1 heterocycles. The van der Waals surface area contributed by atoms with Gasteiger partial charge in [-0.2, -0.15) is 12.6 Å². The molecule has 0 amide bonds. The summed E-state index contributed by atoms with van der Waals surface area (Å²) >= 11 is 10.0. The molecular formula is C11H16ClNS. The van der Waals surface area contributed by atoms with Gasteiger partial charge in [0.05, 0.1) is 0 Å². The fraction of sp³-hybridized carbons (Fsp3) is 0.545. The zero-order chi connectivity index (χ0) is 10.4. The normalized spacial score (nSPS) is 25.4. The van der Waals surface area contributed by atoms with Crippen LogP contribution in [0.15, 0.2) is 24.4 Å². The van der Waals surface area contributed by atoms with E-state index in [9.17, 15) is 0 Å². The van der Waals surface area contributed by atoms with Gasteiger partial charge in [-0.15, -0.1) is 11.6 Å². The molecule has 1 aliphatic rings. The van der Waals surface area contributed by atoms with Crippen LogP contribution in [0.25, 0.3) is 0 Å². The molecule has 0 N–H and O–H groups in total. The van der Waals surface area contributed by atoms with Crippen molar-refractivity contribution < 1.29 is 0 Å². The molecule has 0 aromatic carbocycles. The Morgan fingerprint density at radius 1 is 1.43 bits per heavy atom. The van der Waals surface area contributed by atoms with Crippen molar-refractivity contribution in [3.8, 4) is 0 Å². The SMILES string of the molecule is Cc1ccccn1.SC1CCC(Cl)C1. The number of hydrogen-bond acceptors (Lipinski definition) is 2. The molecule has 1 aliphatic carbocycles. The number of halogens is 1. The monoisotopic (exact) mass is 229 g/mol. The largest absolute Gasteiger partial charge is 0.262 e. The van der Waals surface area contributed by atoms with Gasteiger partial charge in [-0.1, -0.05) is 6.07 Å². The highest BCUT2D eigenvalue weighted by atomic mass is 35.5. The molecule has 2 rings (SSSR count). The van der Waals surface area contributed by atoms with E-state index in [1.54, 1.807) is 6.20 Å². The van der Waals surface area contributed by atoms with Crippen LogP contribution in [0, 0.1) is 6.92 Å². The number of aromatic nitrogens is 1. The Kier molecular flexibility index (Phi) is 5.34. The maximum atomic E-state index is 5.76. The Morgan fingerprint density at radius 3 is 2.43 bits per heavy atom. The summed E-state index contributed by atoms with van der Waals surface area (Å²) in [6, 6.07) is 5.86. The topological polar surface area (TPSA) is 12.9 Å². The molecule has 1 aromatic rings. The molecule has 0 saturated heterocycles. The third kappa shape index (κ3) is 4.87. The van der Waals surface area contributed by atoms with Gasteiger partial charge in [-0.25, -0.2) is 0 Å². The average molecular weight is 230 g/mol. The third-order valence-corrected chi connectivity index (χ3v) is 3.02. The van der Waals surface area contributed by atoms with Crippen molar-refractivity contribution in [3.63, 3.8) is 0 Å². The highest BCUT2D eigenvalue weighted by Gasteiger charge is 2.18. The highest BCUT2D eigenvalue weighted by Crippen LogP contribution is 2.27. The first-order valence-electron chi connectivity index (χ1n) is 4.88. The summed E-state index contributed by atoms with van der Waals surface area (Å²) < 4.78 is 0. The predicted molar refractivity (Wildman–Crippen MR) is 65.2 cm³/mol. The molecular weight excluding hydrogens is 214 g/mol. The molecule has 0 aliphatic heterocycles. The van der Waals surface area contributed by atoms with Crippen molar-refractivity contribution in [1.29, 1.82) is 0 Å². The summed E-state index contributed by atoms with van der Waals surface area (Å²) in [5, 5.41) is 1.00. The van der Waals surface area contributed by atoms with Crippen LogP contribution >= 0.6 is 24.2 Å². The molecule has 1 aromatic heterocycles. The van der Waals surface area contributed by atoms with Crippen molar-refractivity contribution in [1.82, 2.24) is 4.98 Å². The Balaban J connectivity index is 0.000000140. The van der Waals surface area contributed by atoms with Gasteiger partial charge in [-0.3, -0.25) is 4.98 Å². The fourth-order valence-electron chi connectivity index (χ4n) is 1.35. The van der Waals surface area contributed by atoms with E-state index in [4.69, 9.17) is 11.6 Å². The van der Waals surface area contributed by atoms with E-state index in [1.807, 2.05) is 25.1 Å². The Hall–Kier alpha value is -0.210. The molecule has 2 unspecified atom stereocenters. The van der Waals surface area contributed by atoms with Gasteiger partial charge in [0.25, 0.3) is 0 Å².